The van der Waals surface area contributed by atoms with Gasteiger partial charge >= 0.3 is 0 Å². The molecule has 0 atom stereocenters. The van der Waals surface area contributed by atoms with E-state index in [1.807, 2.05) is 30.3 Å². The fraction of sp³-hybridized carbons (Fsp3) is 0.174. The quantitative estimate of drug-likeness (QED) is 0.616. The SMILES string of the molecule is Cc1c(C(=O)Nc2ccc(OCc3ccccc3)cc2)cccc1N(C)S(C)(=O)=O. The molecule has 0 saturated heterocycles. The average Bonchev–Trinajstić information content (AvgIpc) is 2.73. The number of amides is 1. The summed E-state index contributed by atoms with van der Waals surface area (Å²) in [5.41, 5.74) is 3.16. The molecule has 0 bridgehead atoms. The number of anilines is 2. The Kier molecular flexibility index (Phi) is 6.42. The van der Waals surface area contributed by atoms with Gasteiger partial charge in [-0.05, 0) is 54.4 Å². The van der Waals surface area contributed by atoms with Crippen LogP contribution >= 0.6 is 0 Å². The first-order valence-corrected chi connectivity index (χ1v) is 11.2. The topological polar surface area (TPSA) is 75.7 Å². The molecular weight excluding hydrogens is 400 g/mol. The lowest BCUT2D eigenvalue weighted by Crippen LogP contribution is -2.26. The van der Waals surface area contributed by atoms with Crippen LogP contribution in [0.25, 0.3) is 0 Å². The van der Waals surface area contributed by atoms with E-state index in [9.17, 15) is 13.2 Å². The Hall–Kier alpha value is -3.32. The molecule has 1 amide bonds. The van der Waals surface area contributed by atoms with Crippen molar-refractivity contribution in [3.05, 3.63) is 89.5 Å². The maximum Gasteiger partial charge on any atom is 0.256 e. The zero-order valence-electron chi connectivity index (χ0n) is 17.1. The molecule has 3 aromatic rings. The van der Waals surface area contributed by atoms with E-state index in [1.54, 1.807) is 49.4 Å². The monoisotopic (exact) mass is 424 g/mol. The van der Waals surface area contributed by atoms with Crippen molar-refractivity contribution in [3.8, 4) is 5.75 Å². The van der Waals surface area contributed by atoms with Crippen molar-refractivity contribution in [2.75, 3.05) is 22.9 Å². The summed E-state index contributed by atoms with van der Waals surface area (Å²) in [6.07, 6.45) is 1.13. The number of hydrogen-bond donors (Lipinski definition) is 1. The lowest BCUT2D eigenvalue weighted by Gasteiger charge is -2.20. The predicted octanol–water partition coefficient (Wildman–Crippen LogP) is 4.22. The molecule has 0 spiro atoms. The van der Waals surface area contributed by atoms with Crippen molar-refractivity contribution in [1.29, 1.82) is 0 Å². The summed E-state index contributed by atoms with van der Waals surface area (Å²) < 4.78 is 30.6. The van der Waals surface area contributed by atoms with E-state index < -0.39 is 10.0 Å². The van der Waals surface area contributed by atoms with Crippen LogP contribution in [0.5, 0.6) is 5.75 Å². The molecule has 0 saturated carbocycles. The number of rotatable bonds is 7. The molecule has 0 heterocycles. The third-order valence-corrected chi connectivity index (χ3v) is 5.94. The van der Waals surface area contributed by atoms with E-state index in [0.717, 1.165) is 16.1 Å². The van der Waals surface area contributed by atoms with Gasteiger partial charge in [0.2, 0.25) is 10.0 Å². The zero-order valence-corrected chi connectivity index (χ0v) is 17.9. The van der Waals surface area contributed by atoms with Crippen LogP contribution in [-0.2, 0) is 16.6 Å². The Labute approximate surface area is 177 Å². The second kappa shape index (κ2) is 9.00. The smallest absolute Gasteiger partial charge is 0.256 e. The van der Waals surface area contributed by atoms with E-state index in [4.69, 9.17) is 4.74 Å². The summed E-state index contributed by atoms with van der Waals surface area (Å²) in [5, 5.41) is 2.84. The molecule has 7 heteroatoms. The number of hydrogen-bond acceptors (Lipinski definition) is 4. The van der Waals surface area contributed by atoms with Crippen LogP contribution in [-0.4, -0.2) is 27.6 Å². The van der Waals surface area contributed by atoms with Crippen molar-refractivity contribution >= 4 is 27.3 Å². The first-order chi connectivity index (χ1) is 14.3. The number of nitrogens with zero attached hydrogens (tertiary/aromatic N) is 1. The Morgan fingerprint density at radius 1 is 0.967 bits per heavy atom. The van der Waals surface area contributed by atoms with Crippen molar-refractivity contribution in [2.45, 2.75) is 13.5 Å². The first-order valence-electron chi connectivity index (χ1n) is 9.37. The van der Waals surface area contributed by atoms with Gasteiger partial charge in [-0.15, -0.1) is 0 Å². The van der Waals surface area contributed by atoms with Crippen molar-refractivity contribution in [3.63, 3.8) is 0 Å². The van der Waals surface area contributed by atoms with Crippen molar-refractivity contribution in [1.82, 2.24) is 0 Å². The molecule has 156 valence electrons. The molecular formula is C23H24N2O4S. The van der Waals surface area contributed by atoms with Gasteiger partial charge < -0.3 is 10.1 Å². The zero-order chi connectivity index (χ0) is 21.7. The standard InChI is InChI=1S/C23H24N2O4S/c1-17-21(10-7-11-22(17)25(2)30(3,27)28)23(26)24-19-12-14-20(15-13-19)29-16-18-8-5-4-6-9-18/h4-15H,16H2,1-3H3,(H,24,26). The van der Waals surface area contributed by atoms with Crippen LogP contribution in [0.3, 0.4) is 0 Å². The molecule has 0 unspecified atom stereocenters. The minimum absolute atomic E-state index is 0.311. The second-order valence-electron chi connectivity index (χ2n) is 6.93. The molecule has 3 rings (SSSR count). The lowest BCUT2D eigenvalue weighted by molar-refractivity contribution is 0.102. The van der Waals surface area contributed by atoms with E-state index in [0.29, 0.717) is 34.9 Å². The highest BCUT2D eigenvalue weighted by molar-refractivity contribution is 7.92. The molecule has 6 nitrogen and oxygen atoms in total. The van der Waals surface area contributed by atoms with Crippen LogP contribution in [0, 0.1) is 6.92 Å². The fourth-order valence-electron chi connectivity index (χ4n) is 2.96. The van der Waals surface area contributed by atoms with Gasteiger partial charge in [0.25, 0.3) is 5.91 Å². The van der Waals surface area contributed by atoms with Crippen LogP contribution in [0.1, 0.15) is 21.5 Å². The first kappa shape index (κ1) is 21.4. The minimum Gasteiger partial charge on any atom is -0.489 e. The number of carbonyl (C=O) groups is 1. The van der Waals surface area contributed by atoms with E-state index in [1.165, 1.54) is 7.05 Å². The normalized spacial score (nSPS) is 11.0. The second-order valence-corrected chi connectivity index (χ2v) is 8.95. The maximum absolute atomic E-state index is 12.7. The molecule has 3 aromatic carbocycles. The summed E-state index contributed by atoms with van der Waals surface area (Å²) in [7, 11) is -1.96. The minimum atomic E-state index is -3.42. The number of benzene rings is 3. The Morgan fingerprint density at radius 3 is 2.27 bits per heavy atom. The van der Waals surface area contributed by atoms with Gasteiger partial charge in [-0.1, -0.05) is 36.4 Å². The summed E-state index contributed by atoms with van der Waals surface area (Å²) in [6, 6.07) is 22.0. The highest BCUT2D eigenvalue weighted by atomic mass is 32.2. The van der Waals surface area contributed by atoms with Gasteiger partial charge in [0.1, 0.15) is 12.4 Å². The summed E-state index contributed by atoms with van der Waals surface area (Å²) in [5.74, 6) is 0.388. The number of ether oxygens (including phenoxy) is 1. The summed E-state index contributed by atoms with van der Waals surface area (Å²) in [6.45, 7) is 2.19. The highest BCUT2D eigenvalue weighted by Gasteiger charge is 2.18. The number of sulfonamides is 1. The van der Waals surface area contributed by atoms with Crippen molar-refractivity contribution in [2.24, 2.45) is 0 Å². The molecule has 0 fully saturated rings. The lowest BCUT2D eigenvalue weighted by atomic mass is 10.1. The number of nitrogens with one attached hydrogen (secondary N) is 1. The van der Waals surface area contributed by atoms with Gasteiger partial charge in [-0.3, -0.25) is 9.10 Å². The van der Waals surface area contributed by atoms with E-state index >= 15 is 0 Å². The number of carbonyl (C=O) groups excluding carboxylic acids is 1. The molecule has 0 aliphatic heterocycles. The largest absolute Gasteiger partial charge is 0.489 e. The molecule has 0 radical (unpaired) electrons. The molecule has 1 N–H and O–H groups in total. The molecule has 0 aliphatic carbocycles. The predicted molar refractivity (Wildman–Crippen MR) is 120 cm³/mol. The van der Waals surface area contributed by atoms with Gasteiger partial charge in [0.05, 0.1) is 11.9 Å². The van der Waals surface area contributed by atoms with Gasteiger partial charge in [-0.25, -0.2) is 8.42 Å². The van der Waals surface area contributed by atoms with Crippen LogP contribution < -0.4 is 14.4 Å². The maximum atomic E-state index is 12.7. The highest BCUT2D eigenvalue weighted by Crippen LogP contribution is 2.25. The van der Waals surface area contributed by atoms with Gasteiger partial charge in [-0.2, -0.15) is 0 Å². The third kappa shape index (κ3) is 5.18. The van der Waals surface area contributed by atoms with Crippen LogP contribution in [0.15, 0.2) is 72.8 Å². The van der Waals surface area contributed by atoms with Gasteiger partial charge in [0, 0.05) is 18.3 Å². The van der Waals surface area contributed by atoms with Crippen molar-refractivity contribution < 1.29 is 17.9 Å². The average molecular weight is 425 g/mol. The van der Waals surface area contributed by atoms with E-state index in [-0.39, 0.29) is 5.91 Å². The Morgan fingerprint density at radius 2 is 1.63 bits per heavy atom. The Bertz CT molecular complexity index is 1130. The molecule has 0 aliphatic rings. The van der Waals surface area contributed by atoms with Crippen LogP contribution in [0.4, 0.5) is 11.4 Å². The fourth-order valence-corrected chi connectivity index (χ4v) is 3.52. The third-order valence-electron chi connectivity index (χ3n) is 4.75. The van der Waals surface area contributed by atoms with Crippen LogP contribution in [0.2, 0.25) is 0 Å². The molecule has 0 aromatic heterocycles. The summed E-state index contributed by atoms with van der Waals surface area (Å²) in [4.78, 5) is 12.7. The Balaban J connectivity index is 1.69. The molecule has 30 heavy (non-hydrogen) atoms. The van der Waals surface area contributed by atoms with E-state index in [2.05, 4.69) is 5.32 Å². The summed E-state index contributed by atoms with van der Waals surface area (Å²) >= 11 is 0. The van der Waals surface area contributed by atoms with Gasteiger partial charge in [0.15, 0.2) is 0 Å².